The maximum atomic E-state index is 12.5. The SMILES string of the molecule is Cc1ccccc1OC(C)C(=O)Nc1ccccc1C(=O)NCC(C)C. The van der Waals surface area contributed by atoms with Crippen LogP contribution in [0.1, 0.15) is 36.7 Å². The van der Waals surface area contributed by atoms with Gasteiger partial charge in [-0.15, -0.1) is 0 Å². The minimum absolute atomic E-state index is 0.206. The van der Waals surface area contributed by atoms with E-state index in [2.05, 4.69) is 10.6 Å². The van der Waals surface area contributed by atoms with E-state index in [1.54, 1.807) is 31.2 Å². The van der Waals surface area contributed by atoms with Crippen molar-refractivity contribution < 1.29 is 14.3 Å². The second-order valence-corrected chi connectivity index (χ2v) is 6.66. The number of carbonyl (C=O) groups is 2. The zero-order valence-corrected chi connectivity index (χ0v) is 15.7. The first-order valence-corrected chi connectivity index (χ1v) is 8.79. The monoisotopic (exact) mass is 354 g/mol. The van der Waals surface area contributed by atoms with Crippen molar-refractivity contribution in [3.63, 3.8) is 0 Å². The number of benzene rings is 2. The van der Waals surface area contributed by atoms with E-state index < -0.39 is 6.10 Å². The normalized spacial score (nSPS) is 11.7. The van der Waals surface area contributed by atoms with Gasteiger partial charge in [0.1, 0.15) is 5.75 Å². The number of amides is 2. The fraction of sp³-hybridized carbons (Fsp3) is 0.333. The molecular weight excluding hydrogens is 328 g/mol. The predicted octanol–water partition coefficient (Wildman–Crippen LogP) is 3.79. The highest BCUT2D eigenvalue weighted by molar-refractivity contribution is 6.04. The summed E-state index contributed by atoms with van der Waals surface area (Å²) in [5, 5.41) is 5.66. The maximum Gasteiger partial charge on any atom is 0.265 e. The molecule has 2 aromatic carbocycles. The van der Waals surface area contributed by atoms with Crippen molar-refractivity contribution in [2.45, 2.75) is 33.8 Å². The molecule has 26 heavy (non-hydrogen) atoms. The molecule has 0 aromatic heterocycles. The second kappa shape index (κ2) is 9.04. The van der Waals surface area contributed by atoms with Crippen molar-refractivity contribution in [1.29, 1.82) is 0 Å². The lowest BCUT2D eigenvalue weighted by molar-refractivity contribution is -0.122. The molecule has 2 aromatic rings. The number of hydrogen-bond acceptors (Lipinski definition) is 3. The third kappa shape index (κ3) is 5.34. The van der Waals surface area contributed by atoms with E-state index in [1.807, 2.05) is 45.0 Å². The van der Waals surface area contributed by atoms with Crippen LogP contribution in [0.25, 0.3) is 0 Å². The quantitative estimate of drug-likeness (QED) is 0.795. The standard InChI is InChI=1S/C21H26N2O3/c1-14(2)13-22-21(25)17-10-6-7-11-18(17)23-20(24)16(4)26-19-12-8-5-9-15(19)3/h5-12,14,16H,13H2,1-4H3,(H,22,25)(H,23,24). The molecule has 0 bridgehead atoms. The molecule has 0 fully saturated rings. The number of hydrogen-bond donors (Lipinski definition) is 2. The number of aryl methyl sites for hydroxylation is 1. The van der Waals surface area contributed by atoms with Gasteiger partial charge in [0.05, 0.1) is 11.3 Å². The highest BCUT2D eigenvalue weighted by Crippen LogP contribution is 2.19. The van der Waals surface area contributed by atoms with Crippen molar-refractivity contribution in [3.05, 3.63) is 59.7 Å². The minimum Gasteiger partial charge on any atom is -0.481 e. The molecule has 0 aliphatic heterocycles. The van der Waals surface area contributed by atoms with Gasteiger partial charge < -0.3 is 15.4 Å². The van der Waals surface area contributed by atoms with Gasteiger partial charge in [0.25, 0.3) is 11.8 Å². The molecule has 0 saturated heterocycles. The number of carbonyl (C=O) groups excluding carboxylic acids is 2. The van der Waals surface area contributed by atoms with Gasteiger partial charge in [0.15, 0.2) is 6.10 Å². The Morgan fingerprint density at radius 1 is 1.00 bits per heavy atom. The summed E-state index contributed by atoms with van der Waals surface area (Å²) in [6, 6.07) is 14.5. The average Bonchev–Trinajstić information content (AvgIpc) is 2.62. The van der Waals surface area contributed by atoms with Crippen molar-refractivity contribution in [2.24, 2.45) is 5.92 Å². The Balaban J connectivity index is 2.06. The highest BCUT2D eigenvalue weighted by atomic mass is 16.5. The van der Waals surface area contributed by atoms with E-state index in [0.717, 1.165) is 5.56 Å². The van der Waals surface area contributed by atoms with Gasteiger partial charge in [-0.25, -0.2) is 0 Å². The van der Waals surface area contributed by atoms with Gasteiger partial charge in [-0.05, 0) is 43.5 Å². The Labute approximate surface area is 154 Å². The largest absolute Gasteiger partial charge is 0.481 e. The van der Waals surface area contributed by atoms with Crippen LogP contribution in [-0.4, -0.2) is 24.5 Å². The highest BCUT2D eigenvalue weighted by Gasteiger charge is 2.19. The Kier molecular flexibility index (Phi) is 6.78. The fourth-order valence-electron chi connectivity index (χ4n) is 2.35. The Bertz CT molecular complexity index is 771. The molecule has 5 nitrogen and oxygen atoms in total. The van der Waals surface area contributed by atoms with Gasteiger partial charge in [0.2, 0.25) is 0 Å². The van der Waals surface area contributed by atoms with Crippen LogP contribution < -0.4 is 15.4 Å². The molecule has 138 valence electrons. The lowest BCUT2D eigenvalue weighted by atomic mass is 10.1. The Hall–Kier alpha value is -2.82. The maximum absolute atomic E-state index is 12.5. The predicted molar refractivity (Wildman–Crippen MR) is 104 cm³/mol. The van der Waals surface area contributed by atoms with Crippen LogP contribution in [0.3, 0.4) is 0 Å². The Morgan fingerprint density at radius 3 is 2.35 bits per heavy atom. The van der Waals surface area contributed by atoms with E-state index >= 15 is 0 Å². The molecule has 0 aliphatic carbocycles. The number of ether oxygens (including phenoxy) is 1. The molecule has 1 atom stereocenters. The summed E-state index contributed by atoms with van der Waals surface area (Å²) in [7, 11) is 0. The van der Waals surface area contributed by atoms with Crippen LogP contribution >= 0.6 is 0 Å². The first-order chi connectivity index (χ1) is 12.4. The third-order valence-electron chi connectivity index (χ3n) is 3.87. The summed E-state index contributed by atoms with van der Waals surface area (Å²) < 4.78 is 5.75. The fourth-order valence-corrected chi connectivity index (χ4v) is 2.35. The topological polar surface area (TPSA) is 67.4 Å². The van der Waals surface area contributed by atoms with E-state index in [1.165, 1.54) is 0 Å². The number of rotatable bonds is 7. The average molecular weight is 354 g/mol. The van der Waals surface area contributed by atoms with Gasteiger partial charge in [-0.2, -0.15) is 0 Å². The van der Waals surface area contributed by atoms with Crippen LogP contribution in [0.2, 0.25) is 0 Å². The van der Waals surface area contributed by atoms with Crippen LogP contribution in [0, 0.1) is 12.8 Å². The first kappa shape index (κ1) is 19.5. The van der Waals surface area contributed by atoms with Crippen molar-refractivity contribution in [1.82, 2.24) is 5.32 Å². The smallest absolute Gasteiger partial charge is 0.265 e. The molecule has 2 N–H and O–H groups in total. The van der Waals surface area contributed by atoms with Gasteiger partial charge >= 0.3 is 0 Å². The number of anilines is 1. The molecule has 0 radical (unpaired) electrons. The molecular formula is C21H26N2O3. The van der Waals surface area contributed by atoms with Crippen LogP contribution in [0.5, 0.6) is 5.75 Å². The lowest BCUT2D eigenvalue weighted by Gasteiger charge is -2.17. The molecule has 5 heteroatoms. The van der Waals surface area contributed by atoms with Crippen LogP contribution in [0.4, 0.5) is 5.69 Å². The summed E-state index contributed by atoms with van der Waals surface area (Å²) in [6.07, 6.45) is -0.692. The minimum atomic E-state index is -0.692. The molecule has 0 heterocycles. The molecule has 1 unspecified atom stereocenters. The summed E-state index contributed by atoms with van der Waals surface area (Å²) in [4.78, 5) is 24.9. The van der Waals surface area contributed by atoms with Crippen LogP contribution in [0.15, 0.2) is 48.5 Å². The first-order valence-electron chi connectivity index (χ1n) is 8.79. The van der Waals surface area contributed by atoms with Crippen molar-refractivity contribution in [2.75, 3.05) is 11.9 Å². The Morgan fingerprint density at radius 2 is 1.65 bits per heavy atom. The molecule has 2 amide bonds. The van der Waals surface area contributed by atoms with E-state index in [9.17, 15) is 9.59 Å². The lowest BCUT2D eigenvalue weighted by Crippen LogP contribution is -2.32. The number of para-hydroxylation sites is 2. The second-order valence-electron chi connectivity index (χ2n) is 6.66. The summed E-state index contributed by atoms with van der Waals surface area (Å²) in [6.45, 7) is 8.24. The van der Waals surface area contributed by atoms with Gasteiger partial charge in [-0.1, -0.05) is 44.2 Å². The zero-order chi connectivity index (χ0) is 19.1. The molecule has 2 rings (SSSR count). The van der Waals surface area contributed by atoms with Gasteiger partial charge in [-0.3, -0.25) is 9.59 Å². The molecule has 0 aliphatic rings. The molecule has 0 spiro atoms. The van der Waals surface area contributed by atoms with Crippen LogP contribution in [-0.2, 0) is 4.79 Å². The van der Waals surface area contributed by atoms with Crippen molar-refractivity contribution in [3.8, 4) is 5.75 Å². The van der Waals surface area contributed by atoms with Gasteiger partial charge in [0, 0.05) is 6.54 Å². The zero-order valence-electron chi connectivity index (χ0n) is 15.7. The summed E-state index contributed by atoms with van der Waals surface area (Å²) in [5.41, 5.74) is 1.86. The summed E-state index contributed by atoms with van der Waals surface area (Å²) >= 11 is 0. The molecule has 0 saturated carbocycles. The van der Waals surface area contributed by atoms with Crippen molar-refractivity contribution >= 4 is 17.5 Å². The van der Waals surface area contributed by atoms with E-state index in [-0.39, 0.29) is 11.8 Å². The van der Waals surface area contributed by atoms with E-state index in [0.29, 0.717) is 29.5 Å². The summed E-state index contributed by atoms with van der Waals surface area (Å²) in [5.74, 6) is 0.501. The van der Waals surface area contributed by atoms with E-state index in [4.69, 9.17) is 4.74 Å². The number of nitrogens with one attached hydrogen (secondary N) is 2. The third-order valence-corrected chi connectivity index (χ3v) is 3.87.